The Kier molecular flexibility index (Phi) is 5.76. The number of ether oxygens (including phenoxy) is 1. The fourth-order valence-electron chi connectivity index (χ4n) is 3.88. The van der Waals surface area contributed by atoms with Gasteiger partial charge in [-0.15, -0.1) is 11.3 Å². The predicted octanol–water partition coefficient (Wildman–Crippen LogP) is 3.29. The Hall–Kier alpha value is -2.92. The number of nitrogens with one attached hydrogen (secondary N) is 1. The molecule has 1 N–H and O–H groups in total. The van der Waals surface area contributed by atoms with Gasteiger partial charge in [-0.1, -0.05) is 0 Å². The first-order valence-electron chi connectivity index (χ1n) is 9.89. The molecule has 150 valence electrons. The van der Waals surface area contributed by atoms with Gasteiger partial charge < -0.3 is 15.0 Å². The summed E-state index contributed by atoms with van der Waals surface area (Å²) in [5.41, 5.74) is 1.97. The van der Waals surface area contributed by atoms with Crippen LogP contribution in [0.25, 0.3) is 0 Å². The molecule has 2 aromatic rings. The quantitative estimate of drug-likeness (QED) is 0.760. The third kappa shape index (κ3) is 4.10. The van der Waals surface area contributed by atoms with Crippen molar-refractivity contribution in [3.05, 3.63) is 39.9 Å². The minimum Gasteiger partial charge on any atom is -0.452 e. The Morgan fingerprint density at radius 2 is 2.03 bits per heavy atom. The highest BCUT2D eigenvalue weighted by molar-refractivity contribution is 7.16. The Labute approximate surface area is 173 Å². The summed E-state index contributed by atoms with van der Waals surface area (Å²) in [5, 5.41) is 12.8. The molecule has 0 aromatic carbocycles. The monoisotopic (exact) mass is 410 g/mol. The second-order valence-electron chi connectivity index (χ2n) is 7.22. The first-order valence-corrected chi connectivity index (χ1v) is 10.7. The van der Waals surface area contributed by atoms with E-state index >= 15 is 0 Å². The standard InChI is InChI=1S/C21H22N4O3S/c22-12-16-14-6-1-2-8-17(14)29-20(16)24-18(26)13-28-21(27)15-7-5-9-23-19(15)25-10-3-4-11-25/h5,7,9H,1-4,6,8,10-11,13H2,(H,24,26). The van der Waals surface area contributed by atoms with E-state index in [2.05, 4.69) is 21.3 Å². The summed E-state index contributed by atoms with van der Waals surface area (Å²) in [6.07, 6.45) is 7.78. The summed E-state index contributed by atoms with van der Waals surface area (Å²) >= 11 is 1.45. The Balaban J connectivity index is 1.40. The smallest absolute Gasteiger partial charge is 0.342 e. The van der Waals surface area contributed by atoms with Crippen LogP contribution in [0.3, 0.4) is 0 Å². The van der Waals surface area contributed by atoms with Gasteiger partial charge in [-0.25, -0.2) is 9.78 Å². The van der Waals surface area contributed by atoms with Crippen molar-refractivity contribution in [1.82, 2.24) is 4.98 Å². The largest absolute Gasteiger partial charge is 0.452 e. The van der Waals surface area contributed by atoms with E-state index in [-0.39, 0.29) is 0 Å². The van der Waals surface area contributed by atoms with Gasteiger partial charge >= 0.3 is 5.97 Å². The zero-order chi connectivity index (χ0) is 20.2. The first kappa shape index (κ1) is 19.4. The van der Waals surface area contributed by atoms with Gasteiger partial charge in [0.1, 0.15) is 22.5 Å². The SMILES string of the molecule is N#Cc1c(NC(=O)COC(=O)c2cccnc2N2CCCC2)sc2c1CCCC2. The lowest BCUT2D eigenvalue weighted by Gasteiger charge is -2.18. The summed E-state index contributed by atoms with van der Waals surface area (Å²) in [4.78, 5) is 32.5. The second kappa shape index (κ2) is 8.62. The highest BCUT2D eigenvalue weighted by atomic mass is 32.1. The van der Waals surface area contributed by atoms with Crippen molar-refractivity contribution < 1.29 is 14.3 Å². The number of hydrogen-bond donors (Lipinski definition) is 1. The van der Waals surface area contributed by atoms with E-state index in [1.807, 2.05) is 0 Å². The van der Waals surface area contributed by atoms with E-state index in [0.29, 0.717) is 21.9 Å². The molecule has 1 fully saturated rings. The number of nitriles is 1. The number of amides is 1. The number of carbonyl (C=O) groups is 2. The lowest BCUT2D eigenvalue weighted by Crippen LogP contribution is -2.24. The van der Waals surface area contributed by atoms with Gasteiger partial charge in [-0.3, -0.25) is 4.79 Å². The molecule has 0 saturated carbocycles. The van der Waals surface area contributed by atoms with Crippen molar-refractivity contribution in [3.8, 4) is 6.07 Å². The van der Waals surface area contributed by atoms with Gasteiger partial charge in [-0.05, 0) is 56.2 Å². The number of pyridine rings is 1. The molecule has 0 unspecified atom stereocenters. The minimum absolute atomic E-state index is 0.367. The average molecular weight is 410 g/mol. The number of fused-ring (bicyclic) bond motifs is 1. The number of aromatic nitrogens is 1. The summed E-state index contributed by atoms with van der Waals surface area (Å²) in [6, 6.07) is 5.57. The Bertz CT molecular complexity index is 973. The zero-order valence-corrected chi connectivity index (χ0v) is 16.9. The molecule has 4 rings (SSSR count). The third-order valence-electron chi connectivity index (χ3n) is 5.28. The van der Waals surface area contributed by atoms with E-state index in [9.17, 15) is 14.9 Å². The van der Waals surface area contributed by atoms with E-state index in [4.69, 9.17) is 4.74 Å². The molecule has 0 spiro atoms. The molecule has 7 nitrogen and oxygen atoms in total. The topological polar surface area (TPSA) is 95.3 Å². The third-order valence-corrected chi connectivity index (χ3v) is 6.49. The molecule has 1 amide bonds. The van der Waals surface area contributed by atoms with E-state index in [1.54, 1.807) is 18.3 Å². The van der Waals surface area contributed by atoms with Crippen LogP contribution in [-0.2, 0) is 22.4 Å². The number of hydrogen-bond acceptors (Lipinski definition) is 7. The molecule has 2 aliphatic rings. The lowest BCUT2D eigenvalue weighted by atomic mass is 9.96. The second-order valence-corrected chi connectivity index (χ2v) is 8.33. The van der Waals surface area contributed by atoms with Crippen molar-refractivity contribution in [2.75, 3.05) is 29.9 Å². The van der Waals surface area contributed by atoms with Gasteiger partial charge in [0.05, 0.1) is 5.56 Å². The van der Waals surface area contributed by atoms with Crippen LogP contribution in [0.1, 0.15) is 52.0 Å². The number of aryl methyl sites for hydroxylation is 1. The van der Waals surface area contributed by atoms with Crippen molar-refractivity contribution >= 4 is 34.0 Å². The molecular formula is C21H22N4O3S. The van der Waals surface area contributed by atoms with Crippen LogP contribution in [0.15, 0.2) is 18.3 Å². The first-order chi connectivity index (χ1) is 14.2. The summed E-state index contributed by atoms with van der Waals surface area (Å²) < 4.78 is 5.24. The van der Waals surface area contributed by atoms with Crippen LogP contribution in [0, 0.1) is 11.3 Å². The summed E-state index contributed by atoms with van der Waals surface area (Å²) in [5.74, 6) is -0.408. The number of carbonyl (C=O) groups excluding carboxylic acids is 2. The highest BCUT2D eigenvalue weighted by Crippen LogP contribution is 2.37. The van der Waals surface area contributed by atoms with Crippen molar-refractivity contribution in [2.45, 2.75) is 38.5 Å². The molecule has 0 atom stereocenters. The van der Waals surface area contributed by atoms with Crippen molar-refractivity contribution in [2.24, 2.45) is 0 Å². The zero-order valence-electron chi connectivity index (χ0n) is 16.1. The van der Waals surface area contributed by atoms with Gasteiger partial charge in [0.25, 0.3) is 5.91 Å². The van der Waals surface area contributed by atoms with Gasteiger partial charge in [-0.2, -0.15) is 5.26 Å². The fraction of sp³-hybridized carbons (Fsp3) is 0.429. The normalized spacial score (nSPS) is 15.5. The molecule has 0 radical (unpaired) electrons. The molecule has 2 aromatic heterocycles. The molecule has 3 heterocycles. The van der Waals surface area contributed by atoms with Crippen LogP contribution in [0.5, 0.6) is 0 Å². The van der Waals surface area contributed by atoms with E-state index in [0.717, 1.165) is 57.2 Å². The predicted molar refractivity (Wildman–Crippen MR) is 110 cm³/mol. The van der Waals surface area contributed by atoms with Crippen molar-refractivity contribution in [3.63, 3.8) is 0 Å². The van der Waals surface area contributed by atoms with Crippen LogP contribution < -0.4 is 10.2 Å². The summed E-state index contributed by atoms with van der Waals surface area (Å²) in [7, 11) is 0. The van der Waals surface area contributed by atoms with E-state index < -0.39 is 18.5 Å². The molecule has 1 aliphatic heterocycles. The summed E-state index contributed by atoms with van der Waals surface area (Å²) in [6.45, 7) is 1.32. The molecule has 1 saturated heterocycles. The highest BCUT2D eigenvalue weighted by Gasteiger charge is 2.24. The molecule has 0 bridgehead atoms. The molecule has 8 heteroatoms. The molecular weight excluding hydrogens is 388 g/mol. The Morgan fingerprint density at radius 3 is 2.83 bits per heavy atom. The lowest BCUT2D eigenvalue weighted by molar-refractivity contribution is -0.119. The van der Waals surface area contributed by atoms with E-state index in [1.165, 1.54) is 16.2 Å². The van der Waals surface area contributed by atoms with Crippen LogP contribution in [0.4, 0.5) is 10.8 Å². The minimum atomic E-state index is -0.568. The number of nitrogens with zero attached hydrogens (tertiary/aromatic N) is 3. The molecule has 1 aliphatic carbocycles. The fourth-order valence-corrected chi connectivity index (χ4v) is 5.14. The maximum atomic E-state index is 12.5. The van der Waals surface area contributed by atoms with Gasteiger partial charge in [0, 0.05) is 24.2 Å². The maximum Gasteiger partial charge on any atom is 0.342 e. The van der Waals surface area contributed by atoms with Crippen LogP contribution >= 0.6 is 11.3 Å². The van der Waals surface area contributed by atoms with Crippen molar-refractivity contribution in [1.29, 1.82) is 5.26 Å². The number of thiophene rings is 1. The maximum absolute atomic E-state index is 12.5. The number of anilines is 2. The van der Waals surface area contributed by atoms with Gasteiger partial charge in [0.15, 0.2) is 6.61 Å². The van der Waals surface area contributed by atoms with Crippen LogP contribution in [-0.4, -0.2) is 36.6 Å². The Morgan fingerprint density at radius 1 is 1.24 bits per heavy atom. The van der Waals surface area contributed by atoms with Crippen LogP contribution in [0.2, 0.25) is 0 Å². The van der Waals surface area contributed by atoms with Gasteiger partial charge in [0.2, 0.25) is 0 Å². The molecule has 29 heavy (non-hydrogen) atoms. The average Bonchev–Trinajstić information content (AvgIpc) is 3.39. The number of rotatable bonds is 5. The number of esters is 1.